The Morgan fingerprint density at radius 3 is 2.80 bits per heavy atom. The summed E-state index contributed by atoms with van der Waals surface area (Å²) in [4.78, 5) is 14.3. The Morgan fingerprint density at radius 1 is 1.12 bits per heavy atom. The van der Waals surface area contributed by atoms with E-state index in [1.54, 1.807) is 16.9 Å². The molecule has 126 valence electrons. The van der Waals surface area contributed by atoms with Crippen LogP contribution in [0.4, 0.5) is 10.1 Å². The molecule has 4 rings (SSSR count). The molecule has 1 aliphatic heterocycles. The van der Waals surface area contributed by atoms with Crippen molar-refractivity contribution in [1.82, 2.24) is 15.0 Å². The van der Waals surface area contributed by atoms with E-state index in [0.717, 1.165) is 24.0 Å². The first-order valence-electron chi connectivity index (χ1n) is 8.26. The first-order valence-corrected chi connectivity index (χ1v) is 8.26. The Balaban J connectivity index is 1.59. The number of hydrogen-bond acceptors (Lipinski definition) is 3. The van der Waals surface area contributed by atoms with Gasteiger partial charge in [-0.3, -0.25) is 4.79 Å². The predicted octanol–water partition coefficient (Wildman–Crippen LogP) is 3.06. The number of carbonyl (C=O) groups is 1. The van der Waals surface area contributed by atoms with Crippen LogP contribution in [-0.4, -0.2) is 27.4 Å². The summed E-state index contributed by atoms with van der Waals surface area (Å²) in [7, 11) is 0. The lowest BCUT2D eigenvalue weighted by molar-refractivity contribution is 0.0979. The van der Waals surface area contributed by atoms with Crippen molar-refractivity contribution >= 4 is 11.6 Å². The van der Waals surface area contributed by atoms with Crippen LogP contribution in [0.5, 0.6) is 0 Å². The summed E-state index contributed by atoms with van der Waals surface area (Å²) in [5.41, 5.74) is 2.53. The number of amides is 1. The maximum absolute atomic E-state index is 14.3. The Hall–Kier alpha value is -3.02. The molecule has 0 N–H and O–H groups in total. The molecule has 5 nitrogen and oxygen atoms in total. The molecular formula is C19H17FN4O. The summed E-state index contributed by atoms with van der Waals surface area (Å²) < 4.78 is 15.9. The van der Waals surface area contributed by atoms with E-state index in [9.17, 15) is 9.18 Å². The van der Waals surface area contributed by atoms with E-state index in [2.05, 4.69) is 10.3 Å². The lowest BCUT2D eigenvalue weighted by Crippen LogP contribution is -2.36. The zero-order valence-electron chi connectivity index (χ0n) is 13.6. The lowest BCUT2D eigenvalue weighted by atomic mass is 10.0. The molecule has 0 atom stereocenters. The van der Waals surface area contributed by atoms with Crippen molar-refractivity contribution in [1.29, 1.82) is 0 Å². The molecule has 0 saturated heterocycles. The molecule has 0 aliphatic carbocycles. The van der Waals surface area contributed by atoms with Crippen LogP contribution >= 0.6 is 0 Å². The third-order valence-corrected chi connectivity index (χ3v) is 4.36. The molecule has 0 saturated carbocycles. The molecule has 1 amide bonds. The van der Waals surface area contributed by atoms with Crippen LogP contribution < -0.4 is 4.90 Å². The number of fused-ring (bicyclic) bond motifs is 1. The van der Waals surface area contributed by atoms with Gasteiger partial charge in [-0.2, -0.15) is 0 Å². The number of hydrogen-bond donors (Lipinski definition) is 0. The van der Waals surface area contributed by atoms with Gasteiger partial charge in [-0.25, -0.2) is 9.07 Å². The summed E-state index contributed by atoms with van der Waals surface area (Å²) in [6.45, 7) is 1.02. The monoisotopic (exact) mass is 336 g/mol. The number of halogens is 1. The first kappa shape index (κ1) is 15.5. The second kappa shape index (κ2) is 6.47. The topological polar surface area (TPSA) is 51.0 Å². The fourth-order valence-corrected chi connectivity index (χ4v) is 3.19. The van der Waals surface area contributed by atoms with Crippen LogP contribution in [-0.2, 0) is 13.0 Å². The number of nitrogens with zero attached hydrogens (tertiary/aromatic N) is 4. The second-order valence-electron chi connectivity index (χ2n) is 6.09. The van der Waals surface area contributed by atoms with Crippen molar-refractivity contribution in [2.45, 2.75) is 19.4 Å². The fourth-order valence-electron chi connectivity index (χ4n) is 3.19. The van der Waals surface area contributed by atoms with Crippen molar-refractivity contribution in [2.24, 2.45) is 0 Å². The van der Waals surface area contributed by atoms with Crippen LogP contribution in [0.25, 0.3) is 0 Å². The van der Waals surface area contributed by atoms with Crippen molar-refractivity contribution in [3.05, 3.63) is 77.4 Å². The molecule has 0 radical (unpaired) electrons. The van der Waals surface area contributed by atoms with E-state index in [1.165, 1.54) is 11.0 Å². The van der Waals surface area contributed by atoms with E-state index in [1.807, 2.05) is 36.4 Å². The van der Waals surface area contributed by atoms with Gasteiger partial charge < -0.3 is 4.90 Å². The quantitative estimate of drug-likeness (QED) is 0.739. The predicted molar refractivity (Wildman–Crippen MR) is 92.0 cm³/mol. The van der Waals surface area contributed by atoms with Gasteiger partial charge >= 0.3 is 0 Å². The maximum Gasteiger partial charge on any atom is 0.280 e. The SMILES string of the molecule is O=C(c1cn(Cc2ccccc2)nn1)N1CCCc2cccc(F)c21. The summed E-state index contributed by atoms with van der Waals surface area (Å²) in [6.07, 6.45) is 3.20. The molecule has 0 fully saturated rings. The Bertz CT molecular complexity index is 907. The molecule has 25 heavy (non-hydrogen) atoms. The summed E-state index contributed by atoms with van der Waals surface area (Å²) >= 11 is 0. The van der Waals surface area contributed by atoms with Gasteiger partial charge in [0.15, 0.2) is 5.69 Å². The standard InChI is InChI=1S/C19H17FN4O/c20-16-10-4-8-15-9-5-11-24(18(15)16)19(25)17-13-23(22-21-17)12-14-6-2-1-3-7-14/h1-4,6-8,10,13H,5,9,11-12H2. The van der Waals surface area contributed by atoms with Crippen LogP contribution in [0, 0.1) is 5.82 Å². The van der Waals surface area contributed by atoms with Gasteiger partial charge in [0.05, 0.1) is 18.4 Å². The van der Waals surface area contributed by atoms with E-state index in [-0.39, 0.29) is 17.4 Å². The first-order chi connectivity index (χ1) is 12.2. The zero-order valence-corrected chi connectivity index (χ0v) is 13.6. The smallest absolute Gasteiger partial charge is 0.280 e. The van der Waals surface area contributed by atoms with Crippen molar-refractivity contribution in [3.63, 3.8) is 0 Å². The molecule has 0 spiro atoms. The number of benzene rings is 2. The average molecular weight is 336 g/mol. The van der Waals surface area contributed by atoms with Gasteiger partial charge in [-0.05, 0) is 30.0 Å². The molecule has 0 bridgehead atoms. The van der Waals surface area contributed by atoms with Crippen LogP contribution in [0.3, 0.4) is 0 Å². The van der Waals surface area contributed by atoms with Crippen molar-refractivity contribution in [2.75, 3.05) is 11.4 Å². The largest absolute Gasteiger partial charge is 0.304 e. The van der Waals surface area contributed by atoms with E-state index < -0.39 is 0 Å². The van der Waals surface area contributed by atoms with Crippen LogP contribution in [0.2, 0.25) is 0 Å². The molecule has 2 aromatic carbocycles. The average Bonchev–Trinajstić information content (AvgIpc) is 3.10. The summed E-state index contributed by atoms with van der Waals surface area (Å²) in [5.74, 6) is -0.687. The van der Waals surface area contributed by atoms with Gasteiger partial charge in [-0.15, -0.1) is 5.10 Å². The Labute approximate surface area is 144 Å². The molecule has 1 aliphatic rings. The highest BCUT2D eigenvalue weighted by Gasteiger charge is 2.28. The lowest BCUT2D eigenvalue weighted by Gasteiger charge is -2.29. The summed E-state index contributed by atoms with van der Waals surface area (Å²) in [5, 5.41) is 8.02. The summed E-state index contributed by atoms with van der Waals surface area (Å²) in [6, 6.07) is 14.7. The number of rotatable bonds is 3. The van der Waals surface area contributed by atoms with E-state index in [4.69, 9.17) is 0 Å². The minimum absolute atomic E-state index is 0.229. The van der Waals surface area contributed by atoms with Gasteiger partial charge in [0, 0.05) is 6.54 Å². The van der Waals surface area contributed by atoms with Crippen LogP contribution in [0.15, 0.2) is 54.7 Å². The van der Waals surface area contributed by atoms with Crippen molar-refractivity contribution in [3.8, 4) is 0 Å². The van der Waals surface area contributed by atoms with Gasteiger partial charge in [0.1, 0.15) is 5.82 Å². The Kier molecular flexibility index (Phi) is 4.01. The molecule has 1 aromatic heterocycles. The fraction of sp³-hybridized carbons (Fsp3) is 0.211. The van der Waals surface area contributed by atoms with Gasteiger partial charge in [0.2, 0.25) is 0 Å². The highest BCUT2D eigenvalue weighted by Crippen LogP contribution is 2.30. The molecule has 6 heteroatoms. The minimum atomic E-state index is -0.373. The molecular weight excluding hydrogens is 319 g/mol. The molecule has 2 heterocycles. The third-order valence-electron chi connectivity index (χ3n) is 4.36. The highest BCUT2D eigenvalue weighted by atomic mass is 19.1. The number of para-hydroxylation sites is 1. The van der Waals surface area contributed by atoms with E-state index in [0.29, 0.717) is 18.8 Å². The number of anilines is 1. The molecule has 0 unspecified atom stereocenters. The minimum Gasteiger partial charge on any atom is -0.304 e. The van der Waals surface area contributed by atoms with Crippen molar-refractivity contribution < 1.29 is 9.18 Å². The number of carbonyl (C=O) groups excluding carboxylic acids is 1. The maximum atomic E-state index is 14.3. The third kappa shape index (κ3) is 3.03. The van der Waals surface area contributed by atoms with E-state index >= 15 is 0 Å². The Morgan fingerprint density at radius 2 is 1.96 bits per heavy atom. The number of aromatic nitrogens is 3. The van der Waals surface area contributed by atoms with Gasteiger partial charge in [0.25, 0.3) is 5.91 Å². The van der Waals surface area contributed by atoms with Crippen LogP contribution in [0.1, 0.15) is 28.0 Å². The second-order valence-corrected chi connectivity index (χ2v) is 6.09. The normalized spacial score (nSPS) is 13.6. The molecule has 3 aromatic rings. The number of aryl methyl sites for hydroxylation is 1. The zero-order chi connectivity index (χ0) is 17.2. The van der Waals surface area contributed by atoms with Gasteiger partial charge in [-0.1, -0.05) is 47.7 Å². The highest BCUT2D eigenvalue weighted by molar-refractivity contribution is 6.05.